The minimum atomic E-state index is -6.22. The summed E-state index contributed by atoms with van der Waals surface area (Å²) in [5.74, 6) is -2.43. The van der Waals surface area contributed by atoms with Gasteiger partial charge in [0.25, 0.3) is 5.60 Å². The first-order chi connectivity index (χ1) is 19.3. The highest BCUT2D eigenvalue weighted by Gasteiger charge is 2.72. The van der Waals surface area contributed by atoms with Gasteiger partial charge in [0.05, 0.1) is 21.1 Å². The van der Waals surface area contributed by atoms with Crippen LogP contribution in [-0.2, 0) is 17.4 Å². The number of H-pyrrole nitrogens is 1. The van der Waals surface area contributed by atoms with Gasteiger partial charge in [0.1, 0.15) is 0 Å². The Bertz CT molecular complexity index is 1700. The smallest absolute Gasteiger partial charge is 0.430 e. The summed E-state index contributed by atoms with van der Waals surface area (Å²) in [4.78, 5) is 26.6. The Morgan fingerprint density at radius 1 is 0.905 bits per heavy atom. The lowest BCUT2D eigenvalue weighted by atomic mass is 9.70. The lowest BCUT2D eigenvalue weighted by molar-refractivity contribution is -0.376. The molecule has 14 heteroatoms. The van der Waals surface area contributed by atoms with Gasteiger partial charge in [0, 0.05) is 28.1 Å². The second kappa shape index (κ2) is 10.5. The van der Waals surface area contributed by atoms with Gasteiger partial charge in [0.15, 0.2) is 0 Å². The van der Waals surface area contributed by atoms with Crippen molar-refractivity contribution in [1.29, 1.82) is 0 Å². The highest BCUT2D eigenvalue weighted by molar-refractivity contribution is 6.42. The molecule has 0 fully saturated rings. The van der Waals surface area contributed by atoms with Crippen LogP contribution in [0, 0.1) is 0 Å². The van der Waals surface area contributed by atoms with Gasteiger partial charge in [-0.2, -0.15) is 26.3 Å². The number of rotatable bonds is 7. The van der Waals surface area contributed by atoms with E-state index < -0.39 is 58.4 Å². The van der Waals surface area contributed by atoms with Crippen LogP contribution < -0.4 is 5.73 Å². The van der Waals surface area contributed by atoms with Crippen LogP contribution in [0.4, 0.5) is 26.3 Å². The first-order valence-electron chi connectivity index (χ1n) is 11.9. The largest absolute Gasteiger partial charge is 0.478 e. The molecule has 0 saturated carbocycles. The van der Waals surface area contributed by atoms with E-state index in [2.05, 4.69) is 4.98 Å². The molecule has 6 nitrogen and oxygen atoms in total. The number of para-hydroxylation sites is 1. The van der Waals surface area contributed by atoms with Crippen molar-refractivity contribution in [2.75, 3.05) is 0 Å². The average Bonchev–Trinajstić information content (AvgIpc) is 3.33. The van der Waals surface area contributed by atoms with Crippen LogP contribution >= 0.6 is 23.2 Å². The summed E-state index contributed by atoms with van der Waals surface area (Å²) < 4.78 is 84.2. The van der Waals surface area contributed by atoms with Gasteiger partial charge in [-0.1, -0.05) is 54.4 Å². The second-order valence-corrected chi connectivity index (χ2v) is 10.6. The number of nitrogens with two attached hydrogens (primary N) is 1. The minimum Gasteiger partial charge on any atom is -0.478 e. The topological polar surface area (TPSA) is 116 Å². The van der Waals surface area contributed by atoms with E-state index in [0.717, 1.165) is 6.07 Å². The number of benzene rings is 3. The van der Waals surface area contributed by atoms with Crippen molar-refractivity contribution in [1.82, 2.24) is 4.98 Å². The van der Waals surface area contributed by atoms with Crippen LogP contribution in [0.2, 0.25) is 10.0 Å². The maximum absolute atomic E-state index is 14.0. The van der Waals surface area contributed by atoms with E-state index in [1.165, 1.54) is 49.5 Å². The lowest BCUT2D eigenvalue weighted by Gasteiger charge is -2.37. The summed E-state index contributed by atoms with van der Waals surface area (Å²) >= 11 is 12.3. The van der Waals surface area contributed by atoms with Crippen molar-refractivity contribution in [2.24, 2.45) is 5.73 Å². The fourth-order valence-corrected chi connectivity index (χ4v) is 5.37. The standard InChI is InChI=1S/C28H20Cl2F6N2O4/c1-25(15-6-8-20(29)21(30)10-15,19-12-38-22-16(19)3-2-4-17(22)24(40)41)11-14-9-13(23(37)39)5-7-18(14)26(42,27(31,32)33)28(34,35)36/h2-10,12,38,42H,11H2,1H3,(H2,37,39)(H,40,41). The average molecular weight is 633 g/mol. The van der Waals surface area contributed by atoms with Gasteiger partial charge in [-0.05, 0) is 53.4 Å². The summed E-state index contributed by atoms with van der Waals surface area (Å²) in [6, 6.07) is 10.2. The number of hydrogen-bond donors (Lipinski definition) is 4. The zero-order chi connectivity index (χ0) is 31.4. The third kappa shape index (κ3) is 5.07. The highest BCUT2D eigenvalue weighted by atomic mass is 35.5. The van der Waals surface area contributed by atoms with E-state index in [-0.39, 0.29) is 37.6 Å². The number of carbonyl (C=O) groups is 2. The number of primary amides is 1. The number of aliphatic hydroxyl groups is 1. The molecule has 222 valence electrons. The predicted octanol–water partition coefficient (Wildman–Crippen LogP) is 7.13. The van der Waals surface area contributed by atoms with Crippen LogP contribution in [-0.4, -0.2) is 39.4 Å². The van der Waals surface area contributed by atoms with Crippen LogP contribution in [0.3, 0.4) is 0 Å². The number of aromatic nitrogens is 1. The molecule has 0 spiro atoms. The Labute approximate surface area is 243 Å². The number of carboxylic acids is 1. The molecule has 1 unspecified atom stereocenters. The van der Waals surface area contributed by atoms with E-state index in [9.17, 15) is 46.1 Å². The number of amides is 1. The molecule has 1 amide bonds. The summed E-state index contributed by atoms with van der Waals surface area (Å²) in [7, 11) is 0. The minimum absolute atomic E-state index is 0.0136. The Morgan fingerprint density at radius 2 is 1.55 bits per heavy atom. The Hall–Kier alpha value is -3.74. The molecule has 5 N–H and O–H groups in total. The molecule has 1 aromatic heterocycles. The number of nitrogens with one attached hydrogen (secondary N) is 1. The van der Waals surface area contributed by atoms with Crippen molar-refractivity contribution in [2.45, 2.75) is 36.7 Å². The van der Waals surface area contributed by atoms with E-state index in [1.807, 2.05) is 0 Å². The third-order valence-corrected chi connectivity index (χ3v) is 7.98. The SMILES string of the molecule is CC(Cc1cc(C(N)=O)ccc1C(O)(C(F)(F)F)C(F)(F)F)(c1ccc(Cl)c(Cl)c1)c1c[nH]c2c(C(=O)O)cccc12. The lowest BCUT2D eigenvalue weighted by Crippen LogP contribution is -2.54. The zero-order valence-corrected chi connectivity index (χ0v) is 22.8. The summed E-state index contributed by atoms with van der Waals surface area (Å²) in [6.45, 7) is 1.48. The second-order valence-electron chi connectivity index (χ2n) is 9.82. The highest BCUT2D eigenvalue weighted by Crippen LogP contribution is 2.52. The van der Waals surface area contributed by atoms with Crippen molar-refractivity contribution in [3.8, 4) is 0 Å². The number of carboxylic acid groups (broad SMARTS) is 1. The van der Waals surface area contributed by atoms with Gasteiger partial charge in [-0.3, -0.25) is 4.79 Å². The molecule has 0 aliphatic carbocycles. The molecule has 0 radical (unpaired) electrons. The van der Waals surface area contributed by atoms with Crippen molar-refractivity contribution in [3.05, 3.63) is 104 Å². The van der Waals surface area contributed by atoms with Gasteiger partial charge in [-0.15, -0.1) is 0 Å². The van der Waals surface area contributed by atoms with E-state index >= 15 is 0 Å². The molecule has 42 heavy (non-hydrogen) atoms. The normalized spacial score (nSPS) is 14.1. The molecule has 4 rings (SSSR count). The fourth-order valence-electron chi connectivity index (χ4n) is 5.07. The molecular weight excluding hydrogens is 613 g/mol. The number of carbonyl (C=O) groups excluding carboxylic acids is 1. The Balaban J connectivity index is 2.09. The molecular formula is C28H20Cl2F6N2O4. The fraction of sp³-hybridized carbons (Fsp3) is 0.214. The number of fused-ring (bicyclic) bond motifs is 1. The molecule has 0 saturated heterocycles. The van der Waals surface area contributed by atoms with Crippen LogP contribution in [0.15, 0.2) is 60.8 Å². The molecule has 0 aliphatic rings. The van der Waals surface area contributed by atoms with E-state index in [0.29, 0.717) is 12.1 Å². The third-order valence-electron chi connectivity index (χ3n) is 7.24. The number of alkyl halides is 6. The maximum Gasteiger partial charge on any atom is 0.430 e. The molecule has 0 aliphatic heterocycles. The Morgan fingerprint density at radius 3 is 2.10 bits per heavy atom. The predicted molar refractivity (Wildman–Crippen MR) is 143 cm³/mol. The van der Waals surface area contributed by atoms with Gasteiger partial charge >= 0.3 is 18.3 Å². The monoisotopic (exact) mass is 632 g/mol. The molecule has 4 aromatic rings. The van der Waals surface area contributed by atoms with Gasteiger partial charge in [-0.25, -0.2) is 4.79 Å². The summed E-state index contributed by atoms with van der Waals surface area (Å²) in [5, 5.41) is 20.4. The summed E-state index contributed by atoms with van der Waals surface area (Å²) in [5.41, 5.74) is -3.75. The quantitative estimate of drug-likeness (QED) is 0.162. The number of hydrogen-bond acceptors (Lipinski definition) is 3. The number of halogens is 8. The van der Waals surface area contributed by atoms with Crippen molar-refractivity contribution >= 4 is 46.0 Å². The first kappa shape index (κ1) is 31.2. The van der Waals surface area contributed by atoms with E-state index in [4.69, 9.17) is 28.9 Å². The van der Waals surface area contributed by atoms with E-state index in [1.54, 1.807) is 0 Å². The molecule has 1 atom stereocenters. The van der Waals surface area contributed by atoms with Crippen LogP contribution in [0.5, 0.6) is 0 Å². The van der Waals surface area contributed by atoms with Crippen LogP contribution in [0.25, 0.3) is 10.9 Å². The van der Waals surface area contributed by atoms with Crippen molar-refractivity contribution in [3.63, 3.8) is 0 Å². The number of aromatic amines is 1. The maximum atomic E-state index is 14.0. The van der Waals surface area contributed by atoms with Crippen LogP contribution in [0.1, 0.15) is 49.9 Å². The van der Waals surface area contributed by atoms with Crippen molar-refractivity contribution < 1.29 is 46.1 Å². The first-order valence-corrected chi connectivity index (χ1v) is 12.7. The Kier molecular flexibility index (Phi) is 7.81. The zero-order valence-electron chi connectivity index (χ0n) is 21.3. The van der Waals surface area contributed by atoms with Gasteiger partial charge < -0.3 is 20.9 Å². The molecule has 1 heterocycles. The molecule has 3 aromatic carbocycles. The molecule has 0 bridgehead atoms. The number of aromatic carboxylic acids is 1. The summed E-state index contributed by atoms with van der Waals surface area (Å²) in [6.07, 6.45) is -11.7. The van der Waals surface area contributed by atoms with Gasteiger partial charge in [0.2, 0.25) is 5.91 Å².